The van der Waals surface area contributed by atoms with Gasteiger partial charge in [-0.3, -0.25) is 4.90 Å². The molecule has 23 heavy (non-hydrogen) atoms. The minimum absolute atomic E-state index is 0.0812. The Balaban J connectivity index is 2.06. The molecular formula is C17H26F2N2O2. The van der Waals surface area contributed by atoms with Crippen molar-refractivity contribution in [1.29, 1.82) is 0 Å². The first-order chi connectivity index (χ1) is 11.0. The summed E-state index contributed by atoms with van der Waals surface area (Å²) in [7, 11) is 0. The maximum absolute atomic E-state index is 12.4. The van der Waals surface area contributed by atoms with Crippen LogP contribution in [0.25, 0.3) is 0 Å². The normalized spacial score (nSPS) is 22.3. The number of ether oxygens (including phenoxy) is 2. The lowest BCUT2D eigenvalue weighted by Gasteiger charge is -2.36. The van der Waals surface area contributed by atoms with Gasteiger partial charge < -0.3 is 15.2 Å². The van der Waals surface area contributed by atoms with Crippen molar-refractivity contribution < 1.29 is 18.3 Å². The second-order valence-corrected chi connectivity index (χ2v) is 6.09. The highest BCUT2D eigenvalue weighted by molar-refractivity contribution is 5.43. The molecule has 130 valence electrons. The van der Waals surface area contributed by atoms with Crippen molar-refractivity contribution in [3.63, 3.8) is 0 Å². The van der Waals surface area contributed by atoms with Crippen LogP contribution >= 0.6 is 0 Å². The molecular weight excluding hydrogens is 302 g/mol. The maximum Gasteiger partial charge on any atom is 0.387 e. The molecule has 2 rings (SSSR count). The van der Waals surface area contributed by atoms with Crippen LogP contribution in [0.4, 0.5) is 8.78 Å². The quantitative estimate of drug-likeness (QED) is 0.835. The number of hydrogen-bond acceptors (Lipinski definition) is 4. The average molecular weight is 328 g/mol. The molecule has 0 amide bonds. The van der Waals surface area contributed by atoms with Crippen molar-refractivity contribution in [2.75, 3.05) is 26.2 Å². The van der Waals surface area contributed by atoms with Crippen LogP contribution in [0, 0.1) is 11.8 Å². The summed E-state index contributed by atoms with van der Waals surface area (Å²) in [6.07, 6.45) is 1.13. The van der Waals surface area contributed by atoms with Crippen molar-refractivity contribution >= 4 is 0 Å². The molecule has 1 aromatic rings. The minimum atomic E-state index is -2.85. The summed E-state index contributed by atoms with van der Waals surface area (Å²) in [6.45, 7) is 5.07. The summed E-state index contributed by atoms with van der Waals surface area (Å²) in [6, 6.07) is 5.16. The van der Waals surface area contributed by atoms with E-state index in [1.807, 2.05) is 13.0 Å². The smallest absolute Gasteiger partial charge is 0.387 e. The predicted octanol–water partition coefficient (Wildman–Crippen LogP) is 3.10. The Bertz CT molecular complexity index is 499. The van der Waals surface area contributed by atoms with E-state index in [1.165, 1.54) is 0 Å². The SMILES string of the molecule is CCOc1cc(CN2CCC(C)C(CN)C2)ccc1OC(F)F. The highest BCUT2D eigenvalue weighted by Gasteiger charge is 2.25. The number of alkyl halides is 2. The molecule has 4 nitrogen and oxygen atoms in total. The van der Waals surface area contributed by atoms with Gasteiger partial charge in [0.05, 0.1) is 6.61 Å². The van der Waals surface area contributed by atoms with Crippen LogP contribution < -0.4 is 15.2 Å². The summed E-state index contributed by atoms with van der Waals surface area (Å²) in [5, 5.41) is 0. The molecule has 2 atom stereocenters. The van der Waals surface area contributed by atoms with Gasteiger partial charge in [-0.15, -0.1) is 0 Å². The molecule has 6 heteroatoms. The lowest BCUT2D eigenvalue weighted by molar-refractivity contribution is -0.0514. The number of nitrogens with zero attached hydrogens (tertiary/aromatic N) is 1. The third-order valence-electron chi connectivity index (χ3n) is 4.43. The Hall–Kier alpha value is -1.40. The zero-order valence-corrected chi connectivity index (χ0v) is 13.8. The summed E-state index contributed by atoms with van der Waals surface area (Å²) in [5.41, 5.74) is 6.87. The lowest BCUT2D eigenvalue weighted by Crippen LogP contribution is -2.42. The fraction of sp³-hybridized carbons (Fsp3) is 0.647. The Morgan fingerprint density at radius 1 is 1.35 bits per heavy atom. The van der Waals surface area contributed by atoms with Crippen LogP contribution in [0.2, 0.25) is 0 Å². The van der Waals surface area contributed by atoms with Gasteiger partial charge in [0.2, 0.25) is 0 Å². The number of rotatable bonds is 7. The summed E-state index contributed by atoms with van der Waals surface area (Å²) in [4.78, 5) is 2.36. The molecule has 1 aliphatic heterocycles. The van der Waals surface area contributed by atoms with Crippen molar-refractivity contribution in [3.8, 4) is 11.5 Å². The first-order valence-corrected chi connectivity index (χ1v) is 8.16. The Labute approximate surface area is 136 Å². The van der Waals surface area contributed by atoms with Gasteiger partial charge >= 0.3 is 6.61 Å². The van der Waals surface area contributed by atoms with E-state index in [0.717, 1.165) is 31.6 Å². The molecule has 1 fully saturated rings. The number of nitrogens with two attached hydrogens (primary N) is 1. The summed E-state index contributed by atoms with van der Waals surface area (Å²) in [5.74, 6) is 1.61. The lowest BCUT2D eigenvalue weighted by atomic mass is 9.87. The van der Waals surface area contributed by atoms with Crippen LogP contribution in [0.3, 0.4) is 0 Å². The molecule has 0 saturated carbocycles. The number of halogens is 2. The molecule has 2 unspecified atom stereocenters. The Kier molecular flexibility index (Phi) is 6.59. The van der Waals surface area contributed by atoms with E-state index >= 15 is 0 Å². The topological polar surface area (TPSA) is 47.7 Å². The number of hydrogen-bond donors (Lipinski definition) is 1. The molecule has 0 aliphatic carbocycles. The van der Waals surface area contributed by atoms with E-state index in [-0.39, 0.29) is 5.75 Å². The molecule has 1 saturated heterocycles. The zero-order valence-electron chi connectivity index (χ0n) is 13.8. The first kappa shape index (κ1) is 17.9. The first-order valence-electron chi connectivity index (χ1n) is 8.16. The van der Waals surface area contributed by atoms with Crippen molar-refractivity contribution in [2.45, 2.75) is 33.4 Å². The van der Waals surface area contributed by atoms with Crippen LogP contribution in [0.15, 0.2) is 18.2 Å². The van der Waals surface area contributed by atoms with Crippen LogP contribution in [0.5, 0.6) is 11.5 Å². The second-order valence-electron chi connectivity index (χ2n) is 6.09. The van der Waals surface area contributed by atoms with Gasteiger partial charge in [0, 0.05) is 13.1 Å². The van der Waals surface area contributed by atoms with Crippen molar-refractivity contribution in [3.05, 3.63) is 23.8 Å². The van der Waals surface area contributed by atoms with E-state index in [4.69, 9.17) is 10.5 Å². The largest absolute Gasteiger partial charge is 0.490 e. The van der Waals surface area contributed by atoms with Gasteiger partial charge in [0.1, 0.15) is 0 Å². The fourth-order valence-corrected chi connectivity index (χ4v) is 3.05. The van der Waals surface area contributed by atoms with E-state index in [1.54, 1.807) is 12.1 Å². The van der Waals surface area contributed by atoms with E-state index < -0.39 is 6.61 Å². The monoisotopic (exact) mass is 328 g/mol. The standard InChI is InChI=1S/C17H26F2N2O2/c1-3-22-16-8-13(4-5-15(16)23-17(18)19)10-21-7-6-12(2)14(9-20)11-21/h4-5,8,12,14,17H,3,6-7,9-11,20H2,1-2H3. The second kappa shape index (κ2) is 8.45. The average Bonchev–Trinajstić information content (AvgIpc) is 2.51. The molecule has 1 aliphatic rings. The van der Waals surface area contributed by atoms with Gasteiger partial charge in [-0.1, -0.05) is 13.0 Å². The summed E-state index contributed by atoms with van der Waals surface area (Å²) >= 11 is 0. The molecule has 0 bridgehead atoms. The summed E-state index contributed by atoms with van der Waals surface area (Å²) < 4.78 is 34.8. The molecule has 1 heterocycles. The number of benzene rings is 1. The van der Waals surface area contributed by atoms with Gasteiger partial charge in [0.15, 0.2) is 11.5 Å². The number of likely N-dealkylation sites (tertiary alicyclic amines) is 1. The number of piperidine rings is 1. The third-order valence-corrected chi connectivity index (χ3v) is 4.43. The highest BCUT2D eigenvalue weighted by atomic mass is 19.3. The molecule has 0 spiro atoms. The van der Waals surface area contributed by atoms with E-state index in [9.17, 15) is 8.78 Å². The van der Waals surface area contributed by atoms with E-state index in [2.05, 4.69) is 16.6 Å². The highest BCUT2D eigenvalue weighted by Crippen LogP contribution is 2.31. The molecule has 0 aromatic heterocycles. The van der Waals surface area contributed by atoms with E-state index in [0.29, 0.717) is 30.7 Å². The third kappa shape index (κ3) is 5.04. The van der Waals surface area contributed by atoms with Gasteiger partial charge in [-0.25, -0.2) is 0 Å². The Morgan fingerprint density at radius 2 is 2.13 bits per heavy atom. The van der Waals surface area contributed by atoms with Crippen molar-refractivity contribution in [2.24, 2.45) is 17.6 Å². The van der Waals surface area contributed by atoms with Crippen molar-refractivity contribution in [1.82, 2.24) is 4.90 Å². The zero-order chi connectivity index (χ0) is 16.8. The molecule has 2 N–H and O–H groups in total. The van der Waals surface area contributed by atoms with Crippen LogP contribution in [0.1, 0.15) is 25.8 Å². The van der Waals surface area contributed by atoms with Gasteiger partial charge in [0.25, 0.3) is 0 Å². The molecule has 1 aromatic carbocycles. The fourth-order valence-electron chi connectivity index (χ4n) is 3.05. The molecule has 0 radical (unpaired) electrons. The van der Waals surface area contributed by atoms with Gasteiger partial charge in [-0.05, 0) is 56.0 Å². The minimum Gasteiger partial charge on any atom is -0.490 e. The van der Waals surface area contributed by atoms with Crippen LogP contribution in [-0.4, -0.2) is 37.8 Å². The van der Waals surface area contributed by atoms with Gasteiger partial charge in [-0.2, -0.15) is 8.78 Å². The van der Waals surface area contributed by atoms with Crippen LogP contribution in [-0.2, 0) is 6.54 Å². The maximum atomic E-state index is 12.4. The Morgan fingerprint density at radius 3 is 2.78 bits per heavy atom. The predicted molar refractivity (Wildman–Crippen MR) is 85.8 cm³/mol.